The Kier molecular flexibility index (Phi) is 3.83. The Bertz CT molecular complexity index is 754. The van der Waals surface area contributed by atoms with E-state index >= 15 is 0 Å². The lowest BCUT2D eigenvalue weighted by Crippen LogP contribution is -2.15. The fourth-order valence-corrected chi connectivity index (χ4v) is 3.46. The fourth-order valence-electron chi connectivity index (χ4n) is 1.42. The first-order chi connectivity index (χ1) is 9.04. The van der Waals surface area contributed by atoms with Gasteiger partial charge in [-0.1, -0.05) is 12.1 Å². The van der Waals surface area contributed by atoms with Gasteiger partial charge in [-0.3, -0.25) is 4.72 Å². The molecule has 0 radical (unpaired) electrons. The van der Waals surface area contributed by atoms with Gasteiger partial charge in [0.2, 0.25) is 0 Å². The second-order valence-electron chi connectivity index (χ2n) is 3.55. The Morgan fingerprint density at radius 3 is 2.63 bits per heavy atom. The molecule has 2 rings (SSSR count). The Balaban J connectivity index is 2.44. The van der Waals surface area contributed by atoms with Crippen LogP contribution in [-0.4, -0.2) is 13.4 Å². The highest BCUT2D eigenvalue weighted by atomic mass is 79.9. The van der Waals surface area contributed by atoms with Gasteiger partial charge in [-0.15, -0.1) is 0 Å². The Hall–Kier alpha value is -1.91. The van der Waals surface area contributed by atoms with E-state index < -0.39 is 10.0 Å². The summed E-state index contributed by atoms with van der Waals surface area (Å²) >= 11 is 3.18. The lowest BCUT2D eigenvalue weighted by atomic mass is 10.3. The van der Waals surface area contributed by atoms with Gasteiger partial charge in [-0.2, -0.15) is 5.26 Å². The summed E-state index contributed by atoms with van der Waals surface area (Å²) < 4.78 is 27.1. The second-order valence-corrected chi connectivity index (χ2v) is 6.05. The molecule has 0 atom stereocenters. The number of halogens is 1. The van der Waals surface area contributed by atoms with Gasteiger partial charge < -0.3 is 0 Å². The number of anilines is 1. The summed E-state index contributed by atoms with van der Waals surface area (Å²) in [5.41, 5.74) is 0.165. The van der Waals surface area contributed by atoms with E-state index in [0.29, 0.717) is 4.47 Å². The molecule has 5 nitrogen and oxygen atoms in total. The quantitative estimate of drug-likeness (QED) is 0.932. The van der Waals surface area contributed by atoms with Crippen molar-refractivity contribution in [3.05, 3.63) is 52.6 Å². The lowest BCUT2D eigenvalue weighted by molar-refractivity contribution is 0.600. The molecule has 0 fully saturated rings. The summed E-state index contributed by atoms with van der Waals surface area (Å²) in [4.78, 5) is 3.95. The summed E-state index contributed by atoms with van der Waals surface area (Å²) in [6.07, 6.45) is 1.42. The predicted octanol–water partition coefficient (Wildman–Crippen LogP) is 2.52. The molecule has 0 aliphatic heterocycles. The molecule has 0 bridgehead atoms. The summed E-state index contributed by atoms with van der Waals surface area (Å²) in [5.74, 6) is 0.0146. The summed E-state index contributed by atoms with van der Waals surface area (Å²) in [6, 6.07) is 11.3. The van der Waals surface area contributed by atoms with Gasteiger partial charge in [0.25, 0.3) is 10.0 Å². The minimum Gasteiger partial charge on any atom is -0.262 e. The summed E-state index contributed by atoms with van der Waals surface area (Å²) in [7, 11) is -3.79. The average Bonchev–Trinajstić information content (AvgIpc) is 2.39. The number of nitriles is 1. The van der Waals surface area contributed by atoms with E-state index in [1.807, 2.05) is 6.07 Å². The van der Waals surface area contributed by atoms with E-state index in [1.165, 1.54) is 18.3 Å². The SMILES string of the molecule is N#Cc1cccnc1NS(=O)(=O)c1ccccc1Br. The van der Waals surface area contributed by atoms with Crippen molar-refractivity contribution in [3.8, 4) is 6.07 Å². The molecular formula is C12H8BrN3O2S. The van der Waals surface area contributed by atoms with Crippen LogP contribution in [0.5, 0.6) is 0 Å². The van der Waals surface area contributed by atoms with Crippen molar-refractivity contribution < 1.29 is 8.42 Å². The Labute approximate surface area is 119 Å². The predicted molar refractivity (Wildman–Crippen MR) is 73.9 cm³/mol. The van der Waals surface area contributed by atoms with Gasteiger partial charge in [-0.25, -0.2) is 13.4 Å². The maximum Gasteiger partial charge on any atom is 0.264 e. The summed E-state index contributed by atoms with van der Waals surface area (Å²) in [5, 5.41) is 8.91. The third-order valence-corrected chi connectivity index (χ3v) is 4.64. The highest BCUT2D eigenvalue weighted by Gasteiger charge is 2.19. The van der Waals surface area contributed by atoms with Crippen LogP contribution in [0.25, 0.3) is 0 Å². The maximum absolute atomic E-state index is 12.2. The number of hydrogen-bond donors (Lipinski definition) is 1. The monoisotopic (exact) mass is 337 g/mol. The molecule has 19 heavy (non-hydrogen) atoms. The highest BCUT2D eigenvalue weighted by molar-refractivity contribution is 9.10. The Morgan fingerprint density at radius 1 is 1.21 bits per heavy atom. The Morgan fingerprint density at radius 2 is 1.95 bits per heavy atom. The third-order valence-electron chi connectivity index (χ3n) is 2.29. The molecule has 0 aliphatic carbocycles. The van der Waals surface area contributed by atoms with Crippen LogP contribution in [0.3, 0.4) is 0 Å². The average molecular weight is 338 g/mol. The van der Waals surface area contributed by atoms with Crippen LogP contribution < -0.4 is 4.72 Å². The molecule has 7 heteroatoms. The van der Waals surface area contributed by atoms with E-state index in [9.17, 15) is 8.42 Å². The van der Waals surface area contributed by atoms with Crippen LogP contribution in [0.2, 0.25) is 0 Å². The minimum atomic E-state index is -3.79. The maximum atomic E-state index is 12.2. The molecule has 1 aromatic carbocycles. The van der Waals surface area contributed by atoms with Gasteiger partial charge in [0.15, 0.2) is 5.82 Å². The van der Waals surface area contributed by atoms with Gasteiger partial charge in [0, 0.05) is 10.7 Å². The van der Waals surface area contributed by atoms with E-state index in [4.69, 9.17) is 5.26 Å². The number of benzene rings is 1. The van der Waals surface area contributed by atoms with Crippen molar-refractivity contribution in [2.75, 3.05) is 4.72 Å². The second kappa shape index (κ2) is 5.38. The molecule has 0 unspecified atom stereocenters. The number of sulfonamides is 1. The van der Waals surface area contributed by atoms with Crippen molar-refractivity contribution in [1.29, 1.82) is 5.26 Å². The lowest BCUT2D eigenvalue weighted by Gasteiger charge is -2.09. The molecule has 0 amide bonds. The number of nitrogens with one attached hydrogen (secondary N) is 1. The van der Waals surface area contributed by atoms with E-state index in [0.717, 1.165) is 0 Å². The first-order valence-electron chi connectivity index (χ1n) is 5.17. The van der Waals surface area contributed by atoms with E-state index in [2.05, 4.69) is 25.6 Å². The van der Waals surface area contributed by atoms with Crippen LogP contribution in [0, 0.1) is 11.3 Å². The molecule has 2 aromatic rings. The van der Waals surface area contributed by atoms with E-state index in [1.54, 1.807) is 24.3 Å². The first kappa shape index (κ1) is 13.5. The van der Waals surface area contributed by atoms with Crippen molar-refractivity contribution in [1.82, 2.24) is 4.98 Å². The molecule has 1 aromatic heterocycles. The number of pyridine rings is 1. The molecule has 0 saturated carbocycles. The zero-order valence-corrected chi connectivity index (χ0v) is 11.9. The number of aromatic nitrogens is 1. The molecule has 0 saturated heterocycles. The molecule has 96 valence electrons. The topological polar surface area (TPSA) is 82.8 Å². The fraction of sp³-hybridized carbons (Fsp3) is 0. The molecule has 0 spiro atoms. The molecular weight excluding hydrogens is 330 g/mol. The largest absolute Gasteiger partial charge is 0.264 e. The number of rotatable bonds is 3. The zero-order valence-electron chi connectivity index (χ0n) is 9.54. The van der Waals surface area contributed by atoms with Crippen molar-refractivity contribution in [2.45, 2.75) is 4.90 Å². The number of nitrogens with zero attached hydrogens (tertiary/aromatic N) is 2. The van der Waals surface area contributed by atoms with Crippen molar-refractivity contribution in [3.63, 3.8) is 0 Å². The molecule has 0 aliphatic rings. The minimum absolute atomic E-state index is 0.0146. The van der Waals surface area contributed by atoms with Crippen molar-refractivity contribution >= 4 is 31.8 Å². The third kappa shape index (κ3) is 2.92. The standard InChI is InChI=1S/C12H8BrN3O2S/c13-10-5-1-2-6-11(10)19(17,18)16-12-9(8-14)4-3-7-15-12/h1-7H,(H,15,16). The van der Waals surface area contributed by atoms with Crippen LogP contribution in [0.4, 0.5) is 5.82 Å². The summed E-state index contributed by atoms with van der Waals surface area (Å²) in [6.45, 7) is 0. The van der Waals surface area contributed by atoms with Gasteiger partial charge >= 0.3 is 0 Å². The van der Waals surface area contributed by atoms with Crippen LogP contribution >= 0.6 is 15.9 Å². The van der Waals surface area contributed by atoms with E-state index in [-0.39, 0.29) is 16.3 Å². The normalized spacial score (nSPS) is 10.7. The van der Waals surface area contributed by atoms with Crippen LogP contribution in [0.1, 0.15) is 5.56 Å². The smallest absolute Gasteiger partial charge is 0.262 e. The highest BCUT2D eigenvalue weighted by Crippen LogP contribution is 2.23. The first-order valence-corrected chi connectivity index (χ1v) is 7.44. The van der Waals surface area contributed by atoms with Crippen molar-refractivity contribution in [2.24, 2.45) is 0 Å². The molecule has 1 heterocycles. The van der Waals surface area contributed by atoms with Gasteiger partial charge in [-0.05, 0) is 40.2 Å². The van der Waals surface area contributed by atoms with Crippen LogP contribution in [-0.2, 0) is 10.0 Å². The van der Waals surface area contributed by atoms with Gasteiger partial charge in [0.05, 0.1) is 5.56 Å². The molecule has 1 N–H and O–H groups in total. The number of hydrogen-bond acceptors (Lipinski definition) is 4. The zero-order chi connectivity index (χ0) is 13.9. The van der Waals surface area contributed by atoms with Gasteiger partial charge in [0.1, 0.15) is 11.0 Å². The van der Waals surface area contributed by atoms with Crippen LogP contribution in [0.15, 0.2) is 52.0 Å².